The fourth-order valence-electron chi connectivity index (χ4n) is 1.37. The molecule has 0 saturated carbocycles. The molecule has 0 aliphatic heterocycles. The molecule has 0 radical (unpaired) electrons. The zero-order chi connectivity index (χ0) is 11.1. The number of nitrogens with zero attached hydrogens (tertiary/aromatic N) is 2. The van der Waals surface area contributed by atoms with E-state index in [2.05, 4.69) is 4.90 Å². The molecule has 4 nitrogen and oxygen atoms in total. The summed E-state index contributed by atoms with van der Waals surface area (Å²) >= 11 is 0. The molecule has 14 heavy (non-hydrogen) atoms. The van der Waals surface area contributed by atoms with E-state index in [4.69, 9.17) is 5.11 Å². The van der Waals surface area contributed by atoms with Crippen LogP contribution in [-0.2, 0) is 4.79 Å². The van der Waals surface area contributed by atoms with Gasteiger partial charge in [-0.05, 0) is 47.6 Å². The van der Waals surface area contributed by atoms with Gasteiger partial charge in [0.15, 0.2) is 0 Å². The van der Waals surface area contributed by atoms with E-state index in [1.165, 1.54) is 0 Å². The number of unbranched alkanes of at least 4 members (excludes halogenated alkanes) is 1. The Kier molecular flexibility index (Phi) is 6.49. The smallest absolute Gasteiger partial charge is 0.320 e. The third-order valence-corrected chi connectivity index (χ3v) is 2.24. The first-order valence-corrected chi connectivity index (χ1v) is 4.99. The van der Waals surface area contributed by atoms with Gasteiger partial charge in [0.05, 0.1) is 0 Å². The lowest BCUT2D eigenvalue weighted by atomic mass is 10.1. The van der Waals surface area contributed by atoms with Crippen molar-refractivity contribution in [1.82, 2.24) is 9.80 Å². The quantitative estimate of drug-likeness (QED) is 0.618. The van der Waals surface area contributed by atoms with Crippen LogP contribution < -0.4 is 0 Å². The van der Waals surface area contributed by atoms with Crippen LogP contribution in [0.2, 0.25) is 0 Å². The lowest BCUT2D eigenvalue weighted by Gasteiger charge is -2.20. The summed E-state index contributed by atoms with van der Waals surface area (Å²) in [6.07, 6.45) is 2.76. The first-order valence-electron chi connectivity index (χ1n) is 4.99. The zero-order valence-corrected chi connectivity index (χ0v) is 9.66. The van der Waals surface area contributed by atoms with Gasteiger partial charge in [-0.2, -0.15) is 0 Å². The van der Waals surface area contributed by atoms with Gasteiger partial charge >= 0.3 is 5.97 Å². The highest BCUT2D eigenvalue weighted by Crippen LogP contribution is 2.06. The van der Waals surface area contributed by atoms with Gasteiger partial charge in [-0.3, -0.25) is 9.69 Å². The molecular weight excluding hydrogens is 180 g/mol. The Balaban J connectivity index is 3.67. The molecule has 0 aromatic carbocycles. The van der Waals surface area contributed by atoms with Crippen molar-refractivity contribution in [3.05, 3.63) is 0 Å². The average molecular weight is 202 g/mol. The maximum atomic E-state index is 10.8. The van der Waals surface area contributed by atoms with Crippen molar-refractivity contribution < 1.29 is 9.90 Å². The number of carbonyl (C=O) groups is 1. The van der Waals surface area contributed by atoms with Gasteiger partial charge in [0, 0.05) is 0 Å². The van der Waals surface area contributed by atoms with Crippen LogP contribution in [0.5, 0.6) is 0 Å². The van der Waals surface area contributed by atoms with Crippen LogP contribution in [0.25, 0.3) is 0 Å². The Hall–Kier alpha value is -0.610. The van der Waals surface area contributed by atoms with Gasteiger partial charge in [-0.1, -0.05) is 6.42 Å². The molecule has 0 aliphatic rings. The highest BCUT2D eigenvalue weighted by molar-refractivity contribution is 5.73. The molecule has 1 atom stereocenters. The molecule has 4 heteroatoms. The molecule has 0 heterocycles. The van der Waals surface area contributed by atoms with Crippen LogP contribution in [0.15, 0.2) is 0 Å². The molecule has 0 aromatic heterocycles. The number of likely N-dealkylation sites (N-methyl/N-ethyl adjacent to an activating group) is 1. The van der Waals surface area contributed by atoms with Gasteiger partial charge < -0.3 is 10.0 Å². The van der Waals surface area contributed by atoms with E-state index in [-0.39, 0.29) is 6.04 Å². The minimum atomic E-state index is -0.722. The summed E-state index contributed by atoms with van der Waals surface area (Å²) in [6.45, 7) is 1.03. The third kappa shape index (κ3) is 5.94. The van der Waals surface area contributed by atoms with Gasteiger partial charge in [0.2, 0.25) is 0 Å². The fourth-order valence-corrected chi connectivity index (χ4v) is 1.37. The second-order valence-corrected chi connectivity index (χ2v) is 4.12. The number of hydrogen-bond donors (Lipinski definition) is 1. The van der Waals surface area contributed by atoms with Gasteiger partial charge in [0.25, 0.3) is 0 Å². The lowest BCUT2D eigenvalue weighted by molar-refractivity contribution is -0.142. The fraction of sp³-hybridized carbons (Fsp3) is 0.900. The Labute approximate surface area is 86.5 Å². The first-order chi connectivity index (χ1) is 6.45. The first kappa shape index (κ1) is 13.4. The monoisotopic (exact) mass is 202 g/mol. The Morgan fingerprint density at radius 2 is 1.79 bits per heavy atom. The Morgan fingerprint density at radius 3 is 2.14 bits per heavy atom. The molecule has 1 unspecified atom stereocenters. The van der Waals surface area contributed by atoms with Gasteiger partial charge in [-0.25, -0.2) is 0 Å². The summed E-state index contributed by atoms with van der Waals surface area (Å²) in [5, 5.41) is 8.90. The highest BCUT2D eigenvalue weighted by Gasteiger charge is 2.18. The lowest BCUT2D eigenvalue weighted by Crippen LogP contribution is -2.35. The van der Waals surface area contributed by atoms with E-state index < -0.39 is 5.97 Å². The van der Waals surface area contributed by atoms with Crippen molar-refractivity contribution in [3.63, 3.8) is 0 Å². The molecule has 1 N–H and O–H groups in total. The number of hydrogen-bond acceptors (Lipinski definition) is 3. The van der Waals surface area contributed by atoms with Crippen molar-refractivity contribution in [3.8, 4) is 0 Å². The van der Waals surface area contributed by atoms with E-state index in [0.717, 1.165) is 25.8 Å². The van der Waals surface area contributed by atoms with Gasteiger partial charge in [0.1, 0.15) is 6.04 Å². The number of rotatable bonds is 7. The summed E-state index contributed by atoms with van der Waals surface area (Å²) in [5.41, 5.74) is 0. The predicted molar refractivity (Wildman–Crippen MR) is 57.5 cm³/mol. The molecule has 0 aromatic rings. The SMILES string of the molecule is CN(C)CCCCC(C(=O)O)N(C)C. The second kappa shape index (κ2) is 6.79. The van der Waals surface area contributed by atoms with E-state index in [1.54, 1.807) is 4.90 Å². The molecule has 0 bridgehead atoms. The average Bonchev–Trinajstić information content (AvgIpc) is 2.01. The topological polar surface area (TPSA) is 43.8 Å². The van der Waals surface area contributed by atoms with Crippen LogP contribution in [0.4, 0.5) is 0 Å². The van der Waals surface area contributed by atoms with Crippen LogP contribution in [0.1, 0.15) is 19.3 Å². The van der Waals surface area contributed by atoms with Gasteiger partial charge in [-0.15, -0.1) is 0 Å². The zero-order valence-electron chi connectivity index (χ0n) is 9.66. The largest absolute Gasteiger partial charge is 0.480 e. The molecule has 0 rings (SSSR count). The third-order valence-electron chi connectivity index (χ3n) is 2.24. The standard InChI is InChI=1S/C10H22N2O2/c1-11(2)8-6-5-7-9(10(13)14)12(3)4/h9H,5-8H2,1-4H3,(H,13,14). The molecule has 0 fully saturated rings. The Bertz CT molecular complexity index is 170. The number of carboxylic acids is 1. The van der Waals surface area contributed by atoms with Crippen molar-refractivity contribution in [2.75, 3.05) is 34.7 Å². The molecule has 0 spiro atoms. The number of aliphatic carboxylic acids is 1. The van der Waals surface area contributed by atoms with Crippen LogP contribution in [0.3, 0.4) is 0 Å². The Morgan fingerprint density at radius 1 is 1.21 bits per heavy atom. The number of carboxylic acid groups (broad SMARTS) is 1. The van der Waals surface area contributed by atoms with Crippen LogP contribution >= 0.6 is 0 Å². The second-order valence-electron chi connectivity index (χ2n) is 4.12. The minimum Gasteiger partial charge on any atom is -0.480 e. The van der Waals surface area contributed by atoms with E-state index in [1.807, 2.05) is 28.2 Å². The summed E-state index contributed by atoms with van der Waals surface area (Å²) in [5.74, 6) is -0.722. The summed E-state index contributed by atoms with van der Waals surface area (Å²) in [7, 11) is 7.68. The van der Waals surface area contributed by atoms with Crippen molar-refractivity contribution >= 4 is 5.97 Å². The maximum absolute atomic E-state index is 10.8. The van der Waals surface area contributed by atoms with Crippen LogP contribution in [0, 0.1) is 0 Å². The van der Waals surface area contributed by atoms with Crippen LogP contribution in [-0.4, -0.2) is 61.7 Å². The van der Waals surface area contributed by atoms with E-state index in [9.17, 15) is 4.79 Å². The molecular formula is C10H22N2O2. The normalized spacial score (nSPS) is 13.6. The minimum absolute atomic E-state index is 0.336. The molecule has 0 amide bonds. The predicted octanol–water partition coefficient (Wildman–Crippen LogP) is 0.733. The van der Waals surface area contributed by atoms with Crippen molar-refractivity contribution in [2.45, 2.75) is 25.3 Å². The highest BCUT2D eigenvalue weighted by atomic mass is 16.4. The molecule has 0 saturated heterocycles. The van der Waals surface area contributed by atoms with Crippen molar-refractivity contribution in [2.24, 2.45) is 0 Å². The summed E-state index contributed by atoms with van der Waals surface area (Å²) < 4.78 is 0. The van der Waals surface area contributed by atoms with E-state index >= 15 is 0 Å². The van der Waals surface area contributed by atoms with Crippen molar-refractivity contribution in [1.29, 1.82) is 0 Å². The summed E-state index contributed by atoms with van der Waals surface area (Å²) in [6, 6.07) is -0.336. The van der Waals surface area contributed by atoms with E-state index in [0.29, 0.717) is 0 Å². The molecule has 0 aliphatic carbocycles. The molecule has 84 valence electrons. The summed E-state index contributed by atoms with van der Waals surface area (Å²) in [4.78, 5) is 14.7. The maximum Gasteiger partial charge on any atom is 0.320 e.